The van der Waals surface area contributed by atoms with Crippen molar-refractivity contribution in [1.82, 2.24) is 0 Å². The van der Waals surface area contributed by atoms with E-state index >= 15 is 0 Å². The van der Waals surface area contributed by atoms with E-state index in [2.05, 4.69) is 0 Å². The quantitative estimate of drug-likeness (QED) is 0.645. The van der Waals surface area contributed by atoms with Gasteiger partial charge in [0.1, 0.15) is 5.75 Å². The zero-order valence-electron chi connectivity index (χ0n) is 9.58. The van der Waals surface area contributed by atoms with Crippen LogP contribution in [0.5, 0.6) is 5.75 Å². The van der Waals surface area contributed by atoms with Gasteiger partial charge in [0.2, 0.25) is 11.8 Å². The molecule has 0 amide bonds. The zero-order chi connectivity index (χ0) is 12.3. The van der Waals surface area contributed by atoms with Crippen LogP contribution in [-0.2, 0) is 0 Å². The fourth-order valence-electron chi connectivity index (χ4n) is 1.67. The van der Waals surface area contributed by atoms with Crippen LogP contribution in [0.4, 0.5) is 0 Å². The van der Waals surface area contributed by atoms with E-state index < -0.39 is 0 Å². The molecule has 0 fully saturated rings. The Morgan fingerprint density at radius 3 is 2.29 bits per heavy atom. The molecule has 1 heterocycles. The summed E-state index contributed by atoms with van der Waals surface area (Å²) in [6.45, 7) is 1.86. The number of rotatable bonds is 3. The van der Waals surface area contributed by atoms with Gasteiger partial charge < -0.3 is 5.11 Å². The predicted molar refractivity (Wildman–Crippen MR) is 63.8 cm³/mol. The third kappa shape index (κ3) is 2.50. The second-order valence-electron chi connectivity index (χ2n) is 3.91. The van der Waals surface area contributed by atoms with Gasteiger partial charge in [-0.25, -0.2) is 0 Å². The molecule has 0 saturated carbocycles. The Morgan fingerprint density at radius 2 is 1.71 bits per heavy atom. The molecule has 3 nitrogen and oxygen atoms in total. The van der Waals surface area contributed by atoms with Crippen molar-refractivity contribution in [3.8, 4) is 5.75 Å². The topological polar surface area (TPSA) is 41.2 Å². The SMILES string of the molecule is CC(C(=O)c1ccc(O)cc1)[n+]1ccccc1. The number of aromatic nitrogens is 1. The van der Waals surface area contributed by atoms with E-state index in [1.54, 1.807) is 12.1 Å². The summed E-state index contributed by atoms with van der Waals surface area (Å²) in [7, 11) is 0. The summed E-state index contributed by atoms with van der Waals surface area (Å²) in [4.78, 5) is 12.2. The number of carbonyl (C=O) groups excluding carboxylic acids is 1. The van der Waals surface area contributed by atoms with Gasteiger partial charge in [-0.05, 0) is 24.3 Å². The van der Waals surface area contributed by atoms with Crippen LogP contribution in [0.15, 0.2) is 54.9 Å². The third-order valence-corrected chi connectivity index (χ3v) is 2.72. The van der Waals surface area contributed by atoms with Crippen molar-refractivity contribution in [2.24, 2.45) is 0 Å². The van der Waals surface area contributed by atoms with Crippen molar-refractivity contribution >= 4 is 5.78 Å². The maximum atomic E-state index is 12.2. The highest BCUT2D eigenvalue weighted by atomic mass is 16.3. The Balaban J connectivity index is 2.23. The van der Waals surface area contributed by atoms with Gasteiger partial charge >= 0.3 is 0 Å². The van der Waals surface area contributed by atoms with Crippen LogP contribution in [0.1, 0.15) is 23.3 Å². The Bertz CT molecular complexity index is 506. The van der Waals surface area contributed by atoms with E-state index in [0.717, 1.165) is 0 Å². The highest BCUT2D eigenvalue weighted by Crippen LogP contribution is 2.13. The number of phenols is 1. The molecule has 1 aromatic carbocycles. The largest absolute Gasteiger partial charge is 0.508 e. The van der Waals surface area contributed by atoms with Crippen LogP contribution in [-0.4, -0.2) is 10.9 Å². The van der Waals surface area contributed by atoms with Crippen LogP contribution in [0.2, 0.25) is 0 Å². The molecule has 0 radical (unpaired) electrons. The van der Waals surface area contributed by atoms with Crippen molar-refractivity contribution in [2.75, 3.05) is 0 Å². The molecule has 0 bridgehead atoms. The molecule has 86 valence electrons. The van der Waals surface area contributed by atoms with Gasteiger partial charge in [0.15, 0.2) is 12.4 Å². The third-order valence-electron chi connectivity index (χ3n) is 2.72. The normalized spacial score (nSPS) is 12.1. The molecule has 1 atom stereocenters. The molecule has 2 rings (SSSR count). The Hall–Kier alpha value is -2.16. The first-order valence-corrected chi connectivity index (χ1v) is 5.47. The minimum absolute atomic E-state index is 0.0289. The van der Waals surface area contributed by atoms with E-state index in [9.17, 15) is 9.90 Å². The molecule has 2 aromatic rings. The lowest BCUT2D eigenvalue weighted by atomic mass is 10.1. The first-order valence-electron chi connectivity index (χ1n) is 5.47. The molecule has 0 aliphatic rings. The van der Waals surface area contributed by atoms with Crippen LogP contribution in [0, 0.1) is 0 Å². The van der Waals surface area contributed by atoms with Crippen LogP contribution in [0.3, 0.4) is 0 Å². The van der Waals surface area contributed by atoms with Gasteiger partial charge in [0.25, 0.3) is 0 Å². The first kappa shape index (κ1) is 11.3. The minimum atomic E-state index is -0.249. The molecular formula is C14H14NO2+. The minimum Gasteiger partial charge on any atom is -0.508 e. The van der Waals surface area contributed by atoms with Gasteiger partial charge in [-0.3, -0.25) is 4.79 Å². The monoisotopic (exact) mass is 228 g/mol. The van der Waals surface area contributed by atoms with E-state index in [-0.39, 0.29) is 17.6 Å². The van der Waals surface area contributed by atoms with Crippen molar-refractivity contribution in [1.29, 1.82) is 0 Å². The molecule has 1 unspecified atom stereocenters. The van der Waals surface area contributed by atoms with Crippen molar-refractivity contribution in [3.63, 3.8) is 0 Å². The van der Waals surface area contributed by atoms with Crippen molar-refractivity contribution in [3.05, 3.63) is 60.4 Å². The van der Waals surface area contributed by atoms with E-state index in [0.29, 0.717) is 5.56 Å². The molecule has 1 aromatic heterocycles. The van der Waals surface area contributed by atoms with Crippen molar-refractivity contribution in [2.45, 2.75) is 13.0 Å². The summed E-state index contributed by atoms with van der Waals surface area (Å²) in [5.74, 6) is 0.197. The molecule has 0 aliphatic heterocycles. The number of hydrogen-bond donors (Lipinski definition) is 1. The second kappa shape index (κ2) is 4.78. The smallest absolute Gasteiger partial charge is 0.230 e. The number of hydrogen-bond acceptors (Lipinski definition) is 2. The lowest BCUT2D eigenvalue weighted by molar-refractivity contribution is -0.704. The number of pyridine rings is 1. The molecule has 0 aliphatic carbocycles. The first-order chi connectivity index (χ1) is 8.18. The molecule has 1 N–H and O–H groups in total. The van der Waals surface area contributed by atoms with E-state index in [4.69, 9.17) is 0 Å². The predicted octanol–water partition coefficient (Wildman–Crippen LogP) is 2.12. The van der Waals surface area contributed by atoms with Crippen molar-refractivity contribution < 1.29 is 14.5 Å². The van der Waals surface area contributed by atoms with Gasteiger partial charge in [-0.15, -0.1) is 0 Å². The van der Waals surface area contributed by atoms with Crippen LogP contribution in [0.25, 0.3) is 0 Å². The summed E-state index contributed by atoms with van der Waals surface area (Å²) in [6.07, 6.45) is 3.73. The Labute approximate surface area is 100.0 Å². The highest BCUT2D eigenvalue weighted by molar-refractivity contribution is 5.97. The number of ketones is 1. The lowest BCUT2D eigenvalue weighted by Crippen LogP contribution is -2.41. The second-order valence-corrected chi connectivity index (χ2v) is 3.91. The highest BCUT2D eigenvalue weighted by Gasteiger charge is 2.22. The summed E-state index contributed by atoms with van der Waals surface area (Å²) in [5.41, 5.74) is 0.603. The standard InChI is InChI=1S/C14H13NO2/c1-11(15-9-3-2-4-10-15)14(17)12-5-7-13(16)8-6-12/h2-11H,1H3/p+1. The number of carbonyl (C=O) groups is 1. The maximum absolute atomic E-state index is 12.2. The van der Waals surface area contributed by atoms with Gasteiger partial charge in [-0.2, -0.15) is 4.57 Å². The summed E-state index contributed by atoms with van der Waals surface area (Å²) < 4.78 is 1.86. The van der Waals surface area contributed by atoms with Gasteiger partial charge in [0, 0.05) is 24.6 Å². The van der Waals surface area contributed by atoms with E-state index in [1.807, 2.05) is 42.1 Å². The summed E-state index contributed by atoms with van der Waals surface area (Å²) >= 11 is 0. The molecule has 3 heteroatoms. The average Bonchev–Trinajstić information content (AvgIpc) is 2.39. The van der Waals surface area contributed by atoms with Crippen LogP contribution >= 0.6 is 0 Å². The van der Waals surface area contributed by atoms with Gasteiger partial charge in [0.05, 0.1) is 0 Å². The molecular weight excluding hydrogens is 214 g/mol. The molecule has 0 saturated heterocycles. The number of phenolic OH excluding ortho intramolecular Hbond substituents is 1. The Kier molecular flexibility index (Phi) is 3.19. The average molecular weight is 228 g/mol. The lowest BCUT2D eigenvalue weighted by Gasteiger charge is -2.06. The van der Waals surface area contributed by atoms with Gasteiger partial charge in [-0.1, -0.05) is 6.07 Å². The number of benzene rings is 1. The zero-order valence-corrected chi connectivity index (χ0v) is 9.58. The number of aromatic hydroxyl groups is 1. The fraction of sp³-hybridized carbons (Fsp3) is 0.143. The summed E-state index contributed by atoms with van der Waals surface area (Å²) in [6, 6.07) is 11.8. The van der Waals surface area contributed by atoms with Crippen LogP contribution < -0.4 is 4.57 Å². The fourth-order valence-corrected chi connectivity index (χ4v) is 1.67. The Morgan fingerprint density at radius 1 is 1.12 bits per heavy atom. The number of Topliss-reactive ketones (excluding diaryl/α,β-unsaturated/α-hetero) is 1. The maximum Gasteiger partial charge on any atom is 0.230 e. The van der Waals surface area contributed by atoms with E-state index in [1.165, 1.54) is 12.1 Å². The molecule has 0 spiro atoms. The molecule has 17 heavy (non-hydrogen) atoms. The summed E-state index contributed by atoms with van der Waals surface area (Å²) in [5, 5.41) is 9.18. The number of nitrogens with zero attached hydrogens (tertiary/aromatic N) is 1.